The molecular weight excluding hydrogens is 270 g/mol. The molecule has 0 saturated carbocycles. The number of rotatable bonds is 8. The number of hydrogen-bond acceptors (Lipinski definition) is 4. The zero-order valence-electron chi connectivity index (χ0n) is 13.5. The SMILES string of the molecule is CCCOc1ccc(CC(C)(C(=O)O)N(C)C)cc1OC. The van der Waals surface area contributed by atoms with Crippen molar-refractivity contribution in [3.63, 3.8) is 0 Å². The van der Waals surface area contributed by atoms with Crippen LogP contribution in [0, 0.1) is 0 Å². The van der Waals surface area contributed by atoms with Crippen molar-refractivity contribution in [1.29, 1.82) is 0 Å². The van der Waals surface area contributed by atoms with Crippen molar-refractivity contribution < 1.29 is 19.4 Å². The first-order valence-electron chi connectivity index (χ1n) is 7.05. The normalized spacial score (nSPS) is 13.8. The van der Waals surface area contributed by atoms with Crippen LogP contribution in [0.15, 0.2) is 18.2 Å². The van der Waals surface area contributed by atoms with Gasteiger partial charge in [0.05, 0.1) is 13.7 Å². The van der Waals surface area contributed by atoms with Gasteiger partial charge in [0.15, 0.2) is 11.5 Å². The minimum atomic E-state index is -0.962. The molecule has 0 aromatic heterocycles. The summed E-state index contributed by atoms with van der Waals surface area (Å²) in [6.07, 6.45) is 1.31. The third kappa shape index (κ3) is 4.11. The Labute approximate surface area is 126 Å². The highest BCUT2D eigenvalue weighted by molar-refractivity contribution is 5.78. The molecule has 21 heavy (non-hydrogen) atoms. The van der Waals surface area contributed by atoms with E-state index in [4.69, 9.17) is 9.47 Å². The first kappa shape index (κ1) is 17.3. The minimum Gasteiger partial charge on any atom is -0.493 e. The molecular formula is C16H25NO4. The molecule has 0 bridgehead atoms. The largest absolute Gasteiger partial charge is 0.493 e. The molecule has 1 aromatic carbocycles. The highest BCUT2D eigenvalue weighted by Gasteiger charge is 2.35. The van der Waals surface area contributed by atoms with Crippen LogP contribution in [0.2, 0.25) is 0 Å². The minimum absolute atomic E-state index is 0.389. The van der Waals surface area contributed by atoms with E-state index in [-0.39, 0.29) is 0 Å². The number of nitrogens with zero attached hydrogens (tertiary/aromatic N) is 1. The van der Waals surface area contributed by atoms with Crippen LogP contribution in [0.3, 0.4) is 0 Å². The number of methoxy groups -OCH3 is 1. The fraction of sp³-hybridized carbons (Fsp3) is 0.562. The Hall–Kier alpha value is -1.75. The Morgan fingerprint density at radius 3 is 2.48 bits per heavy atom. The molecule has 0 aliphatic carbocycles. The molecule has 0 saturated heterocycles. The van der Waals surface area contributed by atoms with Gasteiger partial charge in [-0.1, -0.05) is 13.0 Å². The van der Waals surface area contributed by atoms with Crippen LogP contribution < -0.4 is 9.47 Å². The summed E-state index contributed by atoms with van der Waals surface area (Å²) in [4.78, 5) is 13.2. The van der Waals surface area contributed by atoms with Gasteiger partial charge in [0.25, 0.3) is 0 Å². The molecule has 0 aliphatic heterocycles. The Bertz CT molecular complexity index is 487. The van der Waals surface area contributed by atoms with Crippen LogP contribution in [-0.2, 0) is 11.2 Å². The standard InChI is InChI=1S/C16H25NO4/c1-6-9-21-13-8-7-12(10-14(13)20-5)11-16(2,15(18)19)17(3)4/h7-8,10H,6,9,11H2,1-5H3,(H,18,19). The Morgan fingerprint density at radius 2 is 2.00 bits per heavy atom. The van der Waals surface area contributed by atoms with Gasteiger partial charge in [-0.25, -0.2) is 0 Å². The molecule has 5 nitrogen and oxygen atoms in total. The smallest absolute Gasteiger partial charge is 0.324 e. The average Bonchev–Trinajstić information content (AvgIpc) is 2.45. The van der Waals surface area contributed by atoms with E-state index >= 15 is 0 Å². The number of carbonyl (C=O) groups is 1. The van der Waals surface area contributed by atoms with Crippen molar-refractivity contribution in [1.82, 2.24) is 4.90 Å². The lowest BCUT2D eigenvalue weighted by atomic mass is 9.91. The van der Waals surface area contributed by atoms with E-state index in [0.717, 1.165) is 12.0 Å². The number of benzene rings is 1. The number of carboxylic acid groups (broad SMARTS) is 1. The second kappa shape index (κ2) is 7.31. The van der Waals surface area contributed by atoms with Gasteiger partial charge in [0.2, 0.25) is 0 Å². The summed E-state index contributed by atoms with van der Waals surface area (Å²) < 4.78 is 10.9. The van der Waals surface area contributed by atoms with Gasteiger partial charge in [-0.15, -0.1) is 0 Å². The molecule has 1 aromatic rings. The van der Waals surface area contributed by atoms with E-state index in [0.29, 0.717) is 24.5 Å². The highest BCUT2D eigenvalue weighted by atomic mass is 16.5. The number of aliphatic carboxylic acids is 1. The average molecular weight is 295 g/mol. The summed E-state index contributed by atoms with van der Waals surface area (Å²) in [7, 11) is 5.12. The van der Waals surface area contributed by atoms with E-state index in [1.165, 1.54) is 0 Å². The Balaban J connectivity index is 3.01. The van der Waals surface area contributed by atoms with Gasteiger partial charge >= 0.3 is 5.97 Å². The Kier molecular flexibility index (Phi) is 6.03. The molecule has 0 radical (unpaired) electrons. The summed E-state index contributed by atoms with van der Waals surface area (Å²) in [6.45, 7) is 4.37. The lowest BCUT2D eigenvalue weighted by Gasteiger charge is -2.32. The zero-order chi connectivity index (χ0) is 16.0. The van der Waals surface area contributed by atoms with Crippen molar-refractivity contribution in [2.45, 2.75) is 32.2 Å². The molecule has 1 rings (SSSR count). The molecule has 0 fully saturated rings. The molecule has 0 amide bonds. The highest BCUT2D eigenvalue weighted by Crippen LogP contribution is 2.30. The molecule has 1 N–H and O–H groups in total. The van der Waals surface area contributed by atoms with Gasteiger partial charge in [-0.2, -0.15) is 0 Å². The summed E-state index contributed by atoms with van der Waals surface area (Å²) in [6, 6.07) is 5.57. The predicted octanol–water partition coefficient (Wildman–Crippen LogP) is 2.43. The van der Waals surface area contributed by atoms with E-state index in [1.54, 1.807) is 33.0 Å². The topological polar surface area (TPSA) is 59.0 Å². The first-order chi connectivity index (χ1) is 9.85. The number of carboxylic acids is 1. The van der Waals surface area contributed by atoms with Gasteiger partial charge in [0, 0.05) is 6.42 Å². The second-order valence-electron chi connectivity index (χ2n) is 5.48. The van der Waals surface area contributed by atoms with Crippen molar-refractivity contribution in [2.75, 3.05) is 27.8 Å². The van der Waals surface area contributed by atoms with Gasteiger partial charge in [0.1, 0.15) is 5.54 Å². The van der Waals surface area contributed by atoms with Crippen molar-refractivity contribution >= 4 is 5.97 Å². The monoisotopic (exact) mass is 295 g/mol. The molecule has 0 heterocycles. The summed E-state index contributed by atoms with van der Waals surface area (Å²) in [5.74, 6) is 0.468. The number of ether oxygens (including phenoxy) is 2. The van der Waals surface area contributed by atoms with Gasteiger partial charge < -0.3 is 14.6 Å². The van der Waals surface area contributed by atoms with Crippen LogP contribution in [0.4, 0.5) is 0 Å². The predicted molar refractivity (Wildman–Crippen MR) is 82.2 cm³/mol. The van der Waals surface area contributed by atoms with E-state index in [1.807, 2.05) is 25.1 Å². The van der Waals surface area contributed by atoms with E-state index < -0.39 is 11.5 Å². The maximum Gasteiger partial charge on any atom is 0.324 e. The van der Waals surface area contributed by atoms with Crippen LogP contribution in [0.25, 0.3) is 0 Å². The van der Waals surface area contributed by atoms with Crippen molar-refractivity contribution in [2.24, 2.45) is 0 Å². The third-order valence-electron chi connectivity index (χ3n) is 3.69. The molecule has 5 heteroatoms. The Morgan fingerprint density at radius 1 is 1.33 bits per heavy atom. The maximum atomic E-state index is 11.5. The molecule has 118 valence electrons. The van der Waals surface area contributed by atoms with E-state index in [2.05, 4.69) is 0 Å². The fourth-order valence-electron chi connectivity index (χ4n) is 1.98. The number of hydrogen-bond donors (Lipinski definition) is 1. The number of likely N-dealkylation sites (N-methyl/N-ethyl adjacent to an activating group) is 1. The summed E-state index contributed by atoms with van der Waals surface area (Å²) in [5.41, 5.74) is -0.0640. The quantitative estimate of drug-likeness (QED) is 0.798. The maximum absolute atomic E-state index is 11.5. The van der Waals surface area contributed by atoms with Gasteiger partial charge in [-0.05, 0) is 45.1 Å². The van der Waals surface area contributed by atoms with Crippen LogP contribution >= 0.6 is 0 Å². The van der Waals surface area contributed by atoms with Crippen LogP contribution in [0.1, 0.15) is 25.8 Å². The van der Waals surface area contributed by atoms with Crippen LogP contribution in [-0.4, -0.2) is 49.3 Å². The lowest BCUT2D eigenvalue weighted by molar-refractivity contribution is -0.148. The van der Waals surface area contributed by atoms with Crippen molar-refractivity contribution in [3.05, 3.63) is 23.8 Å². The molecule has 1 unspecified atom stereocenters. The van der Waals surface area contributed by atoms with Gasteiger partial charge in [-0.3, -0.25) is 9.69 Å². The zero-order valence-corrected chi connectivity index (χ0v) is 13.5. The molecule has 0 spiro atoms. The first-order valence-corrected chi connectivity index (χ1v) is 7.05. The third-order valence-corrected chi connectivity index (χ3v) is 3.69. The second-order valence-corrected chi connectivity index (χ2v) is 5.48. The van der Waals surface area contributed by atoms with Crippen molar-refractivity contribution in [3.8, 4) is 11.5 Å². The fourth-order valence-corrected chi connectivity index (χ4v) is 1.98. The molecule has 0 aliphatic rings. The summed E-state index contributed by atoms with van der Waals surface area (Å²) in [5, 5.41) is 9.46. The van der Waals surface area contributed by atoms with E-state index in [9.17, 15) is 9.90 Å². The molecule has 1 atom stereocenters. The van der Waals surface area contributed by atoms with Crippen LogP contribution in [0.5, 0.6) is 11.5 Å². The lowest BCUT2D eigenvalue weighted by Crippen LogP contribution is -2.50. The summed E-state index contributed by atoms with van der Waals surface area (Å²) >= 11 is 0.